The predicted octanol–water partition coefficient (Wildman–Crippen LogP) is 3.74. The quantitative estimate of drug-likeness (QED) is 0.728. The van der Waals surface area contributed by atoms with Crippen LogP contribution in [0.2, 0.25) is 10.0 Å². The molecule has 28 heavy (non-hydrogen) atoms. The Labute approximate surface area is 167 Å². The molecular formula is C16H16Cl2F3N3O4. The van der Waals surface area contributed by atoms with Crippen LogP contribution in [0.3, 0.4) is 0 Å². The number of carboxylic acids is 1. The molecule has 1 saturated heterocycles. The number of aromatic nitrogens is 2. The van der Waals surface area contributed by atoms with Gasteiger partial charge in [-0.1, -0.05) is 34.4 Å². The first kappa shape index (κ1) is 22.3. The normalized spacial score (nSPS) is 16.4. The average molecular weight is 442 g/mol. The lowest BCUT2D eigenvalue weighted by Gasteiger charge is -2.06. The number of hydrogen-bond donors (Lipinski definition) is 2. The number of benzene rings is 1. The molecule has 154 valence electrons. The third-order valence-corrected chi connectivity index (χ3v) is 4.45. The Morgan fingerprint density at radius 3 is 2.71 bits per heavy atom. The number of alkyl halides is 3. The number of carboxylic acid groups (broad SMARTS) is 1. The predicted molar refractivity (Wildman–Crippen MR) is 93.5 cm³/mol. The minimum absolute atomic E-state index is 0.201. The minimum Gasteiger partial charge on any atom is -0.484 e. The maximum Gasteiger partial charge on any atom is 0.490 e. The minimum atomic E-state index is -5.08. The second kappa shape index (κ2) is 9.94. The van der Waals surface area contributed by atoms with Crippen LogP contribution in [0.5, 0.6) is 5.75 Å². The average Bonchev–Trinajstić information content (AvgIpc) is 3.28. The van der Waals surface area contributed by atoms with Crippen LogP contribution < -0.4 is 10.1 Å². The van der Waals surface area contributed by atoms with Gasteiger partial charge in [0.15, 0.2) is 6.61 Å². The van der Waals surface area contributed by atoms with Crippen LogP contribution in [-0.2, 0) is 17.8 Å². The highest BCUT2D eigenvalue weighted by Crippen LogP contribution is 2.31. The number of carbonyl (C=O) groups is 1. The van der Waals surface area contributed by atoms with Gasteiger partial charge in [0.1, 0.15) is 10.8 Å². The van der Waals surface area contributed by atoms with Crippen molar-refractivity contribution in [3.05, 3.63) is 40.0 Å². The molecule has 0 radical (unpaired) electrons. The summed E-state index contributed by atoms with van der Waals surface area (Å²) in [7, 11) is 0. The van der Waals surface area contributed by atoms with E-state index in [0.29, 0.717) is 33.4 Å². The van der Waals surface area contributed by atoms with Crippen LogP contribution in [0.25, 0.3) is 0 Å². The number of aliphatic carboxylic acids is 1. The molecule has 1 aliphatic heterocycles. The zero-order chi connectivity index (χ0) is 20.7. The SMILES string of the molecule is Clc1cccc(OCc2noc(C[C@H]3CCNC3)n2)c1Cl.O=C(O)C(F)(F)F. The Hall–Kier alpha value is -2.04. The first-order chi connectivity index (χ1) is 13.2. The van der Waals surface area contributed by atoms with E-state index in [9.17, 15) is 13.2 Å². The topological polar surface area (TPSA) is 97.5 Å². The smallest absolute Gasteiger partial charge is 0.484 e. The van der Waals surface area contributed by atoms with E-state index in [2.05, 4.69) is 15.5 Å². The van der Waals surface area contributed by atoms with Gasteiger partial charge < -0.3 is 19.7 Å². The Morgan fingerprint density at radius 1 is 1.39 bits per heavy atom. The zero-order valence-corrected chi connectivity index (χ0v) is 15.8. The van der Waals surface area contributed by atoms with Crippen molar-refractivity contribution in [3.8, 4) is 5.75 Å². The molecule has 12 heteroatoms. The number of nitrogens with zero attached hydrogens (tertiary/aromatic N) is 2. The summed E-state index contributed by atoms with van der Waals surface area (Å²) >= 11 is 12.0. The molecule has 2 heterocycles. The van der Waals surface area contributed by atoms with Crippen LogP contribution >= 0.6 is 23.2 Å². The van der Waals surface area contributed by atoms with E-state index < -0.39 is 12.1 Å². The molecule has 1 fully saturated rings. The molecule has 0 aliphatic carbocycles. The second-order valence-electron chi connectivity index (χ2n) is 5.81. The van der Waals surface area contributed by atoms with Gasteiger partial charge in [-0.2, -0.15) is 18.2 Å². The Morgan fingerprint density at radius 2 is 2.11 bits per heavy atom. The third kappa shape index (κ3) is 6.84. The monoisotopic (exact) mass is 441 g/mol. The van der Waals surface area contributed by atoms with Gasteiger partial charge in [-0.25, -0.2) is 4.79 Å². The fraction of sp³-hybridized carbons (Fsp3) is 0.438. The lowest BCUT2D eigenvalue weighted by atomic mass is 10.1. The molecule has 1 aliphatic rings. The molecule has 1 atom stereocenters. The van der Waals surface area contributed by atoms with E-state index in [1.54, 1.807) is 18.2 Å². The van der Waals surface area contributed by atoms with E-state index in [1.807, 2.05) is 0 Å². The Kier molecular flexibility index (Phi) is 7.90. The van der Waals surface area contributed by atoms with Crippen LogP contribution in [0.15, 0.2) is 22.7 Å². The van der Waals surface area contributed by atoms with Crippen LogP contribution in [-0.4, -0.2) is 40.5 Å². The molecule has 2 N–H and O–H groups in total. The number of rotatable bonds is 5. The molecule has 0 amide bonds. The van der Waals surface area contributed by atoms with Crippen molar-refractivity contribution < 1.29 is 32.3 Å². The number of ether oxygens (including phenoxy) is 1. The van der Waals surface area contributed by atoms with E-state index in [4.69, 9.17) is 42.4 Å². The van der Waals surface area contributed by atoms with Crippen molar-refractivity contribution in [3.63, 3.8) is 0 Å². The first-order valence-corrected chi connectivity index (χ1v) is 8.81. The Balaban J connectivity index is 0.000000345. The van der Waals surface area contributed by atoms with Crippen molar-refractivity contribution >= 4 is 29.2 Å². The molecule has 7 nitrogen and oxygen atoms in total. The standard InChI is InChI=1S/C14H15Cl2N3O2.C2HF3O2/c15-10-2-1-3-11(14(10)16)20-8-12-18-13(21-19-12)6-9-4-5-17-7-9;3-2(4,5)1(6)7/h1-3,9,17H,4-8H2;(H,6,7)/t9-;/m1./s1. The van der Waals surface area contributed by atoms with Crippen LogP contribution in [0, 0.1) is 5.92 Å². The molecule has 1 aromatic carbocycles. The third-order valence-electron chi connectivity index (χ3n) is 3.65. The van der Waals surface area contributed by atoms with Crippen molar-refractivity contribution in [2.45, 2.75) is 25.6 Å². The molecule has 0 unspecified atom stereocenters. The molecule has 1 aromatic heterocycles. The van der Waals surface area contributed by atoms with Gasteiger partial charge in [0.25, 0.3) is 0 Å². The fourth-order valence-corrected chi connectivity index (χ4v) is 2.65. The Bertz CT molecular complexity index is 796. The summed E-state index contributed by atoms with van der Waals surface area (Å²) in [6.45, 7) is 2.26. The first-order valence-electron chi connectivity index (χ1n) is 8.06. The molecule has 0 spiro atoms. The van der Waals surface area contributed by atoms with Gasteiger partial charge in [0, 0.05) is 6.42 Å². The maximum absolute atomic E-state index is 10.6. The molecule has 0 saturated carbocycles. The highest BCUT2D eigenvalue weighted by Gasteiger charge is 2.38. The van der Waals surface area contributed by atoms with E-state index >= 15 is 0 Å². The zero-order valence-electron chi connectivity index (χ0n) is 14.3. The van der Waals surface area contributed by atoms with E-state index in [1.165, 1.54) is 0 Å². The molecule has 0 bridgehead atoms. The summed E-state index contributed by atoms with van der Waals surface area (Å²) in [5.41, 5.74) is 0. The van der Waals surface area contributed by atoms with Gasteiger partial charge in [0.2, 0.25) is 11.7 Å². The summed E-state index contributed by atoms with van der Waals surface area (Å²) in [5, 5.41) is 15.2. The molecular weight excluding hydrogens is 426 g/mol. The van der Waals surface area contributed by atoms with E-state index in [0.717, 1.165) is 25.9 Å². The van der Waals surface area contributed by atoms with Gasteiger partial charge >= 0.3 is 12.1 Å². The maximum atomic E-state index is 10.6. The number of hydrogen-bond acceptors (Lipinski definition) is 6. The van der Waals surface area contributed by atoms with Crippen LogP contribution in [0.4, 0.5) is 13.2 Å². The summed E-state index contributed by atoms with van der Waals surface area (Å²) in [6.07, 6.45) is -3.13. The van der Waals surface area contributed by atoms with Crippen molar-refractivity contribution in [1.29, 1.82) is 0 Å². The number of nitrogens with one attached hydrogen (secondary N) is 1. The molecule has 3 rings (SSSR count). The highest BCUT2D eigenvalue weighted by atomic mass is 35.5. The largest absolute Gasteiger partial charge is 0.490 e. The lowest BCUT2D eigenvalue weighted by molar-refractivity contribution is -0.192. The van der Waals surface area contributed by atoms with Crippen LogP contribution in [0.1, 0.15) is 18.1 Å². The summed E-state index contributed by atoms with van der Waals surface area (Å²) in [4.78, 5) is 13.2. The fourth-order valence-electron chi connectivity index (χ4n) is 2.31. The van der Waals surface area contributed by atoms with Crippen molar-refractivity contribution in [2.24, 2.45) is 5.92 Å². The summed E-state index contributed by atoms with van der Waals surface area (Å²) in [6, 6.07) is 5.23. The second-order valence-corrected chi connectivity index (χ2v) is 6.60. The van der Waals surface area contributed by atoms with Gasteiger partial charge in [0.05, 0.1) is 5.02 Å². The van der Waals surface area contributed by atoms with Crippen molar-refractivity contribution in [1.82, 2.24) is 15.5 Å². The summed E-state index contributed by atoms with van der Waals surface area (Å²) in [5.74, 6) is -0.518. The summed E-state index contributed by atoms with van der Waals surface area (Å²) < 4.78 is 42.6. The highest BCUT2D eigenvalue weighted by molar-refractivity contribution is 6.42. The van der Waals surface area contributed by atoms with Gasteiger partial charge in [-0.3, -0.25) is 0 Å². The molecule has 2 aromatic rings. The van der Waals surface area contributed by atoms with Gasteiger partial charge in [-0.15, -0.1) is 0 Å². The van der Waals surface area contributed by atoms with E-state index in [-0.39, 0.29) is 6.61 Å². The van der Waals surface area contributed by atoms with Gasteiger partial charge in [-0.05, 0) is 37.6 Å². The number of halogens is 5. The van der Waals surface area contributed by atoms with Crippen molar-refractivity contribution in [2.75, 3.05) is 13.1 Å². The lowest BCUT2D eigenvalue weighted by Crippen LogP contribution is -2.21.